The second-order valence-electron chi connectivity index (χ2n) is 3.55. The monoisotopic (exact) mass is 177 g/mol. The second-order valence-corrected chi connectivity index (χ2v) is 3.55. The van der Waals surface area contributed by atoms with E-state index in [0.717, 1.165) is 12.8 Å². The largest absolute Gasteiger partial charge is 0.412 e. The molecule has 3 heteroatoms. The Bertz CT molecular complexity index is 120. The summed E-state index contributed by atoms with van der Waals surface area (Å²) in [6.45, 7) is 8.09. The first-order chi connectivity index (χ1) is 4.93. The standard InChI is InChI=1S/C9H21NO.H2O/c1-5-8(4,6-2)9(10,11)7-3;/h11H,5-7,10H2,1-4H3;1H2. The second kappa shape index (κ2) is 4.80. The van der Waals surface area contributed by atoms with E-state index in [4.69, 9.17) is 5.73 Å². The van der Waals surface area contributed by atoms with Crippen molar-refractivity contribution in [1.29, 1.82) is 0 Å². The van der Waals surface area contributed by atoms with Crippen molar-refractivity contribution < 1.29 is 10.6 Å². The first kappa shape index (κ1) is 14.4. The Morgan fingerprint density at radius 1 is 1.08 bits per heavy atom. The lowest BCUT2D eigenvalue weighted by atomic mass is 9.74. The molecule has 0 aliphatic carbocycles. The molecule has 3 nitrogen and oxygen atoms in total. The van der Waals surface area contributed by atoms with Gasteiger partial charge >= 0.3 is 0 Å². The van der Waals surface area contributed by atoms with Crippen LogP contribution >= 0.6 is 0 Å². The minimum atomic E-state index is -1.00. The van der Waals surface area contributed by atoms with Crippen LogP contribution in [0.3, 0.4) is 0 Å². The van der Waals surface area contributed by atoms with Crippen molar-refractivity contribution in [3.05, 3.63) is 0 Å². The quantitative estimate of drug-likeness (QED) is 0.629. The molecule has 0 aliphatic rings. The SMILES string of the molecule is CCC(N)(O)C(C)(CC)CC.O. The number of rotatable bonds is 4. The highest BCUT2D eigenvalue weighted by Crippen LogP contribution is 2.36. The molecule has 0 heterocycles. The average molecular weight is 177 g/mol. The fourth-order valence-corrected chi connectivity index (χ4v) is 1.29. The van der Waals surface area contributed by atoms with Gasteiger partial charge in [0.05, 0.1) is 0 Å². The molecule has 0 aliphatic heterocycles. The Hall–Kier alpha value is -0.120. The summed E-state index contributed by atoms with van der Waals surface area (Å²) < 4.78 is 0. The molecule has 0 saturated heterocycles. The van der Waals surface area contributed by atoms with Crippen molar-refractivity contribution >= 4 is 0 Å². The third kappa shape index (κ3) is 2.44. The van der Waals surface area contributed by atoms with Gasteiger partial charge in [-0.1, -0.05) is 27.7 Å². The van der Waals surface area contributed by atoms with Crippen LogP contribution in [0.15, 0.2) is 0 Å². The van der Waals surface area contributed by atoms with Gasteiger partial charge in [-0.25, -0.2) is 0 Å². The third-order valence-corrected chi connectivity index (χ3v) is 3.14. The molecular weight excluding hydrogens is 154 g/mol. The normalized spacial score (nSPS) is 16.5. The zero-order valence-electron chi connectivity index (χ0n) is 8.65. The molecular formula is C9H23NO2. The summed E-state index contributed by atoms with van der Waals surface area (Å²) >= 11 is 0. The summed E-state index contributed by atoms with van der Waals surface area (Å²) in [5, 5.41) is 9.82. The molecule has 0 aromatic heterocycles. The van der Waals surface area contributed by atoms with Gasteiger partial charge in [0.1, 0.15) is 5.72 Å². The van der Waals surface area contributed by atoms with Crippen LogP contribution < -0.4 is 5.73 Å². The van der Waals surface area contributed by atoms with E-state index in [1.165, 1.54) is 0 Å². The maximum Gasteiger partial charge on any atom is 0.118 e. The summed E-state index contributed by atoms with van der Waals surface area (Å²) in [6.07, 6.45) is 2.46. The van der Waals surface area contributed by atoms with Gasteiger partial charge in [-0.05, 0) is 19.3 Å². The highest BCUT2D eigenvalue weighted by Gasteiger charge is 2.39. The van der Waals surface area contributed by atoms with Crippen molar-refractivity contribution in [2.24, 2.45) is 11.1 Å². The van der Waals surface area contributed by atoms with Crippen LogP contribution in [-0.2, 0) is 0 Å². The van der Waals surface area contributed by atoms with Gasteiger partial charge < -0.3 is 16.3 Å². The molecule has 1 unspecified atom stereocenters. The summed E-state index contributed by atoms with van der Waals surface area (Å²) in [4.78, 5) is 0. The predicted octanol–water partition coefficient (Wildman–Crippen LogP) is 1.05. The Labute approximate surface area is 75.3 Å². The van der Waals surface area contributed by atoms with Crippen LogP contribution in [-0.4, -0.2) is 16.3 Å². The molecule has 5 N–H and O–H groups in total. The summed E-state index contributed by atoms with van der Waals surface area (Å²) in [7, 11) is 0. The van der Waals surface area contributed by atoms with Crippen molar-refractivity contribution in [3.63, 3.8) is 0 Å². The molecule has 0 fully saturated rings. The molecule has 0 saturated carbocycles. The Kier molecular flexibility index (Phi) is 5.76. The van der Waals surface area contributed by atoms with Crippen molar-refractivity contribution in [3.8, 4) is 0 Å². The Morgan fingerprint density at radius 2 is 1.42 bits per heavy atom. The molecule has 0 rings (SSSR count). The number of aliphatic hydroxyl groups is 1. The molecule has 0 bridgehead atoms. The van der Waals surface area contributed by atoms with E-state index in [9.17, 15) is 5.11 Å². The summed E-state index contributed by atoms with van der Waals surface area (Å²) in [5.74, 6) is 0. The highest BCUT2D eigenvalue weighted by atomic mass is 16.3. The lowest BCUT2D eigenvalue weighted by molar-refractivity contribution is -0.0790. The van der Waals surface area contributed by atoms with Crippen LogP contribution in [0.2, 0.25) is 0 Å². The number of hydrogen-bond donors (Lipinski definition) is 2. The topological polar surface area (TPSA) is 77.8 Å². The van der Waals surface area contributed by atoms with Gasteiger partial charge in [0.2, 0.25) is 0 Å². The lowest BCUT2D eigenvalue weighted by Crippen LogP contribution is -2.53. The summed E-state index contributed by atoms with van der Waals surface area (Å²) in [5.41, 5.74) is 4.63. The fourth-order valence-electron chi connectivity index (χ4n) is 1.29. The lowest BCUT2D eigenvalue weighted by Gasteiger charge is -2.40. The van der Waals surface area contributed by atoms with Gasteiger partial charge in [-0.3, -0.25) is 0 Å². The first-order valence-corrected chi connectivity index (χ1v) is 4.44. The van der Waals surface area contributed by atoms with E-state index < -0.39 is 5.72 Å². The zero-order valence-corrected chi connectivity index (χ0v) is 8.65. The average Bonchev–Trinajstić information content (AvgIpc) is 2.02. The van der Waals surface area contributed by atoms with Gasteiger partial charge in [0, 0.05) is 5.41 Å². The van der Waals surface area contributed by atoms with Gasteiger partial charge in [0.15, 0.2) is 0 Å². The van der Waals surface area contributed by atoms with E-state index in [1.54, 1.807) is 0 Å². The molecule has 0 radical (unpaired) electrons. The van der Waals surface area contributed by atoms with E-state index in [0.29, 0.717) is 6.42 Å². The van der Waals surface area contributed by atoms with Crippen LogP contribution in [0.5, 0.6) is 0 Å². The maximum atomic E-state index is 9.82. The van der Waals surface area contributed by atoms with Crippen molar-refractivity contribution in [2.75, 3.05) is 0 Å². The number of hydrogen-bond acceptors (Lipinski definition) is 2. The molecule has 0 amide bonds. The molecule has 0 aromatic rings. The highest BCUT2D eigenvalue weighted by molar-refractivity contribution is 4.88. The third-order valence-electron chi connectivity index (χ3n) is 3.14. The predicted molar refractivity (Wildman–Crippen MR) is 51.7 cm³/mol. The van der Waals surface area contributed by atoms with E-state index in [-0.39, 0.29) is 10.9 Å². The van der Waals surface area contributed by atoms with E-state index in [2.05, 4.69) is 13.8 Å². The Balaban J connectivity index is 0. The Morgan fingerprint density at radius 3 is 1.50 bits per heavy atom. The van der Waals surface area contributed by atoms with Gasteiger partial charge in [-0.2, -0.15) is 0 Å². The minimum absolute atomic E-state index is 0. The van der Waals surface area contributed by atoms with Crippen LogP contribution in [0.4, 0.5) is 0 Å². The zero-order chi connectivity index (χ0) is 9.12. The molecule has 1 atom stereocenters. The van der Waals surface area contributed by atoms with Crippen molar-refractivity contribution in [1.82, 2.24) is 0 Å². The first-order valence-electron chi connectivity index (χ1n) is 4.44. The number of nitrogens with two attached hydrogens (primary N) is 1. The maximum absolute atomic E-state index is 9.82. The smallest absolute Gasteiger partial charge is 0.118 e. The van der Waals surface area contributed by atoms with E-state index in [1.807, 2.05) is 13.8 Å². The van der Waals surface area contributed by atoms with Crippen LogP contribution in [0.1, 0.15) is 47.0 Å². The summed E-state index contributed by atoms with van der Waals surface area (Å²) in [6, 6.07) is 0. The molecule has 76 valence electrons. The van der Waals surface area contributed by atoms with Gasteiger partial charge in [-0.15, -0.1) is 0 Å². The van der Waals surface area contributed by atoms with Crippen LogP contribution in [0, 0.1) is 5.41 Å². The minimum Gasteiger partial charge on any atom is -0.412 e. The van der Waals surface area contributed by atoms with E-state index >= 15 is 0 Å². The molecule has 0 spiro atoms. The fraction of sp³-hybridized carbons (Fsp3) is 1.00. The molecule has 12 heavy (non-hydrogen) atoms. The van der Waals surface area contributed by atoms with Crippen molar-refractivity contribution in [2.45, 2.75) is 52.7 Å². The van der Waals surface area contributed by atoms with Gasteiger partial charge in [0.25, 0.3) is 0 Å². The van der Waals surface area contributed by atoms with Crippen LogP contribution in [0.25, 0.3) is 0 Å². The molecule has 0 aromatic carbocycles.